The van der Waals surface area contributed by atoms with Gasteiger partial charge in [-0.3, -0.25) is 9.48 Å². The highest BCUT2D eigenvalue weighted by molar-refractivity contribution is 5.76. The van der Waals surface area contributed by atoms with E-state index in [9.17, 15) is 18.0 Å². The molecule has 0 unspecified atom stereocenters. The van der Waals surface area contributed by atoms with Gasteiger partial charge in [0.2, 0.25) is 5.91 Å². The molecule has 1 amide bonds. The van der Waals surface area contributed by atoms with Crippen LogP contribution < -0.4 is 0 Å². The fourth-order valence-electron chi connectivity index (χ4n) is 3.35. The number of likely N-dealkylation sites (tertiary alicyclic amines) is 1. The molecular weight excluding hydrogens is 399 g/mol. The Morgan fingerprint density at radius 3 is 2.50 bits per heavy atom. The lowest BCUT2D eigenvalue weighted by Gasteiger charge is -2.32. The van der Waals surface area contributed by atoms with Crippen molar-refractivity contribution in [2.75, 3.05) is 26.3 Å². The van der Waals surface area contributed by atoms with E-state index >= 15 is 0 Å². The molecule has 3 rings (SSSR count). The van der Waals surface area contributed by atoms with Crippen LogP contribution in [0.15, 0.2) is 36.4 Å². The first-order valence-electron chi connectivity index (χ1n) is 9.95. The van der Waals surface area contributed by atoms with Gasteiger partial charge < -0.3 is 14.4 Å². The lowest BCUT2D eigenvalue weighted by atomic mass is 10.1. The number of nitrogens with zero attached hydrogens (tertiary/aromatic N) is 3. The number of alkyl halides is 3. The van der Waals surface area contributed by atoms with E-state index in [1.807, 2.05) is 30.3 Å². The summed E-state index contributed by atoms with van der Waals surface area (Å²) in [7, 11) is 0. The number of hydrogen-bond donors (Lipinski definition) is 0. The van der Waals surface area contributed by atoms with E-state index < -0.39 is 11.9 Å². The van der Waals surface area contributed by atoms with Crippen molar-refractivity contribution in [1.29, 1.82) is 0 Å². The summed E-state index contributed by atoms with van der Waals surface area (Å²) in [6.45, 7) is 3.87. The molecule has 1 aromatic carbocycles. The Balaban J connectivity index is 1.35. The molecule has 0 spiro atoms. The second-order valence-electron chi connectivity index (χ2n) is 7.32. The van der Waals surface area contributed by atoms with E-state index in [2.05, 4.69) is 5.10 Å². The van der Waals surface area contributed by atoms with Gasteiger partial charge in [-0.25, -0.2) is 0 Å². The molecule has 9 heteroatoms. The Morgan fingerprint density at radius 2 is 1.87 bits per heavy atom. The molecule has 1 aliphatic rings. The third kappa shape index (κ3) is 6.30. The summed E-state index contributed by atoms with van der Waals surface area (Å²) in [5.74, 6) is -0.237. The van der Waals surface area contributed by atoms with Crippen LogP contribution in [0.1, 0.15) is 29.8 Å². The van der Waals surface area contributed by atoms with Crippen LogP contribution in [0.25, 0.3) is 0 Å². The molecule has 0 saturated carbocycles. The van der Waals surface area contributed by atoms with E-state index in [4.69, 9.17) is 9.47 Å². The summed E-state index contributed by atoms with van der Waals surface area (Å²) >= 11 is 0. The zero-order chi connectivity index (χ0) is 21.6. The average molecular weight is 425 g/mol. The molecule has 2 heterocycles. The van der Waals surface area contributed by atoms with E-state index in [0.717, 1.165) is 16.3 Å². The molecule has 164 valence electrons. The monoisotopic (exact) mass is 425 g/mol. The van der Waals surface area contributed by atoms with Crippen molar-refractivity contribution in [3.05, 3.63) is 53.3 Å². The number of aromatic nitrogens is 2. The van der Waals surface area contributed by atoms with Crippen molar-refractivity contribution in [1.82, 2.24) is 14.7 Å². The summed E-state index contributed by atoms with van der Waals surface area (Å²) in [5, 5.41) is 3.52. The van der Waals surface area contributed by atoms with Crippen molar-refractivity contribution in [3.8, 4) is 0 Å². The minimum atomic E-state index is -4.51. The quantitative estimate of drug-likeness (QED) is 0.608. The number of piperidine rings is 1. The maximum atomic E-state index is 12.8. The van der Waals surface area contributed by atoms with Crippen molar-refractivity contribution >= 4 is 5.91 Å². The molecular formula is C21H26F3N3O3. The van der Waals surface area contributed by atoms with Gasteiger partial charge in [0, 0.05) is 18.8 Å². The van der Waals surface area contributed by atoms with Gasteiger partial charge in [-0.2, -0.15) is 18.3 Å². The van der Waals surface area contributed by atoms with Crippen LogP contribution in [0.5, 0.6) is 0 Å². The maximum Gasteiger partial charge on any atom is 0.435 e. The van der Waals surface area contributed by atoms with Gasteiger partial charge >= 0.3 is 6.18 Å². The molecule has 6 nitrogen and oxygen atoms in total. The second kappa shape index (κ2) is 10.1. The largest absolute Gasteiger partial charge is 0.435 e. The zero-order valence-corrected chi connectivity index (χ0v) is 16.9. The van der Waals surface area contributed by atoms with E-state index in [0.29, 0.717) is 51.4 Å². The predicted molar refractivity (Wildman–Crippen MR) is 104 cm³/mol. The lowest BCUT2D eigenvalue weighted by molar-refractivity contribution is -0.142. The standard InChI is InChI=1S/C21H26F3N3O3/c1-16-13-19(21(22,23)24)25-27(16)14-20(28)26-9-7-18(8-10-26)30-12-11-29-15-17-5-3-2-4-6-17/h2-6,13,18H,7-12,14-15H2,1H3. The van der Waals surface area contributed by atoms with Gasteiger partial charge in [0.05, 0.1) is 25.9 Å². The number of benzene rings is 1. The number of rotatable bonds is 8. The summed E-state index contributed by atoms with van der Waals surface area (Å²) in [4.78, 5) is 14.1. The Hall–Kier alpha value is -2.39. The smallest absolute Gasteiger partial charge is 0.376 e. The molecule has 2 aromatic rings. The van der Waals surface area contributed by atoms with E-state index in [-0.39, 0.29) is 18.6 Å². The number of carbonyl (C=O) groups excluding carboxylic acids is 1. The van der Waals surface area contributed by atoms with Crippen LogP contribution in [0.3, 0.4) is 0 Å². The number of carbonyl (C=O) groups is 1. The van der Waals surface area contributed by atoms with Gasteiger partial charge in [-0.15, -0.1) is 0 Å². The van der Waals surface area contributed by atoms with Gasteiger partial charge in [-0.1, -0.05) is 30.3 Å². The summed E-state index contributed by atoms with van der Waals surface area (Å²) in [6, 6.07) is 10.8. The maximum absolute atomic E-state index is 12.8. The SMILES string of the molecule is Cc1cc(C(F)(F)F)nn1CC(=O)N1CCC(OCCOCc2ccccc2)CC1. The Bertz CT molecular complexity index is 816. The first-order valence-corrected chi connectivity index (χ1v) is 9.95. The molecule has 0 N–H and O–H groups in total. The molecule has 1 saturated heterocycles. The first-order chi connectivity index (χ1) is 14.3. The first kappa shape index (κ1) is 22.3. The molecule has 0 bridgehead atoms. The highest BCUT2D eigenvalue weighted by atomic mass is 19.4. The van der Waals surface area contributed by atoms with Crippen LogP contribution in [0.4, 0.5) is 13.2 Å². The average Bonchev–Trinajstić information content (AvgIpc) is 3.10. The summed E-state index contributed by atoms with van der Waals surface area (Å²) in [5.41, 5.74) is 0.442. The highest BCUT2D eigenvalue weighted by Crippen LogP contribution is 2.28. The fraction of sp³-hybridized carbons (Fsp3) is 0.524. The van der Waals surface area contributed by atoms with Crippen LogP contribution >= 0.6 is 0 Å². The zero-order valence-electron chi connectivity index (χ0n) is 16.9. The third-order valence-electron chi connectivity index (χ3n) is 5.04. The third-order valence-corrected chi connectivity index (χ3v) is 5.04. The van der Waals surface area contributed by atoms with Crippen LogP contribution in [0.2, 0.25) is 0 Å². The number of hydrogen-bond acceptors (Lipinski definition) is 4. The normalized spacial score (nSPS) is 15.5. The number of halogens is 3. The van der Waals surface area contributed by atoms with E-state index in [1.165, 1.54) is 6.92 Å². The van der Waals surface area contributed by atoms with Crippen molar-refractivity contribution in [2.45, 2.75) is 45.2 Å². The molecule has 0 atom stereocenters. The minimum absolute atomic E-state index is 0.0534. The van der Waals surface area contributed by atoms with Crippen molar-refractivity contribution < 1.29 is 27.4 Å². The molecule has 1 aromatic heterocycles. The Morgan fingerprint density at radius 1 is 1.17 bits per heavy atom. The molecule has 0 aliphatic carbocycles. The van der Waals surface area contributed by atoms with Gasteiger partial charge in [0.1, 0.15) is 6.54 Å². The van der Waals surface area contributed by atoms with Crippen LogP contribution in [-0.2, 0) is 33.6 Å². The predicted octanol–water partition coefficient (Wildman–Crippen LogP) is 3.43. The molecule has 0 radical (unpaired) electrons. The van der Waals surface area contributed by atoms with Gasteiger partial charge in [-0.05, 0) is 31.4 Å². The number of aryl methyl sites for hydroxylation is 1. The lowest BCUT2D eigenvalue weighted by Crippen LogP contribution is -2.42. The van der Waals surface area contributed by atoms with Crippen LogP contribution in [-0.4, -0.2) is 53.0 Å². The molecule has 1 fully saturated rings. The van der Waals surface area contributed by atoms with Crippen molar-refractivity contribution in [2.24, 2.45) is 0 Å². The Kier molecular flexibility index (Phi) is 7.49. The fourth-order valence-corrected chi connectivity index (χ4v) is 3.35. The van der Waals surface area contributed by atoms with Gasteiger partial charge in [0.15, 0.2) is 5.69 Å². The summed E-state index contributed by atoms with van der Waals surface area (Å²) in [6.07, 6.45) is -3.08. The second-order valence-corrected chi connectivity index (χ2v) is 7.32. The molecule has 30 heavy (non-hydrogen) atoms. The van der Waals surface area contributed by atoms with Crippen molar-refractivity contribution in [3.63, 3.8) is 0 Å². The number of amides is 1. The van der Waals surface area contributed by atoms with Gasteiger partial charge in [0.25, 0.3) is 0 Å². The topological polar surface area (TPSA) is 56.6 Å². The molecule has 1 aliphatic heterocycles. The number of ether oxygens (including phenoxy) is 2. The highest BCUT2D eigenvalue weighted by Gasteiger charge is 2.34. The van der Waals surface area contributed by atoms with E-state index in [1.54, 1.807) is 4.90 Å². The summed E-state index contributed by atoms with van der Waals surface area (Å²) < 4.78 is 50.8. The Labute approximate surface area is 173 Å². The minimum Gasteiger partial charge on any atom is -0.376 e. The van der Waals surface area contributed by atoms with Crippen LogP contribution in [0, 0.1) is 6.92 Å².